The summed E-state index contributed by atoms with van der Waals surface area (Å²) in [7, 11) is 0. The zero-order valence-corrected chi connectivity index (χ0v) is 3.91. The largest absolute Gasteiger partial charge is 0.249 e. The van der Waals surface area contributed by atoms with Gasteiger partial charge in [0.1, 0.15) is 0 Å². The molecule has 0 aliphatic rings. The summed E-state index contributed by atoms with van der Waals surface area (Å²) in [6, 6.07) is 3.80. The highest BCUT2D eigenvalue weighted by Gasteiger charge is 1.72. The zero-order chi connectivity index (χ0) is 5.11. The summed E-state index contributed by atoms with van der Waals surface area (Å²) >= 11 is 0. The van der Waals surface area contributed by atoms with Crippen LogP contribution in [0.5, 0.6) is 0 Å². The molecular weight excluding hydrogens is 88.1 g/mol. The van der Waals surface area contributed by atoms with E-state index in [-0.39, 0.29) is 0 Å². The van der Waals surface area contributed by atoms with Crippen molar-refractivity contribution in [1.82, 2.24) is 4.68 Å². The molecule has 0 aliphatic carbocycles. The summed E-state index contributed by atoms with van der Waals surface area (Å²) in [6.45, 7) is 3.32. The quantitative estimate of drug-likeness (QED) is 0.461. The van der Waals surface area contributed by atoms with Crippen molar-refractivity contribution in [1.29, 1.82) is 0 Å². The molecule has 1 aromatic heterocycles. The minimum absolute atomic E-state index is 1.64. The van der Waals surface area contributed by atoms with Crippen LogP contribution in [0.25, 0.3) is 0 Å². The van der Waals surface area contributed by atoms with Crippen LogP contribution in [0.15, 0.2) is 29.6 Å². The predicted molar refractivity (Wildman–Crippen MR) is 29.4 cm³/mol. The third kappa shape index (κ3) is 0.682. The van der Waals surface area contributed by atoms with Gasteiger partial charge in [0, 0.05) is 19.1 Å². The van der Waals surface area contributed by atoms with Gasteiger partial charge in [0.05, 0.1) is 0 Å². The van der Waals surface area contributed by atoms with Crippen molar-refractivity contribution in [3.8, 4) is 0 Å². The Balaban J connectivity index is 2.96. The molecule has 7 heavy (non-hydrogen) atoms. The van der Waals surface area contributed by atoms with Crippen LogP contribution in [0.3, 0.4) is 0 Å². The highest BCUT2D eigenvalue weighted by atomic mass is 15.3. The minimum atomic E-state index is 1.64. The Kier molecular flexibility index (Phi) is 0.941. The molecule has 0 aliphatic heterocycles. The summed E-state index contributed by atoms with van der Waals surface area (Å²) in [5.41, 5.74) is 0. The Bertz CT molecular complexity index is 141. The zero-order valence-electron chi connectivity index (χ0n) is 3.91. The molecule has 0 atom stereocenters. The topological polar surface area (TPSA) is 17.3 Å². The van der Waals surface area contributed by atoms with E-state index in [2.05, 4.69) is 11.8 Å². The van der Waals surface area contributed by atoms with E-state index < -0.39 is 0 Å². The van der Waals surface area contributed by atoms with Crippen molar-refractivity contribution in [3.63, 3.8) is 0 Å². The van der Waals surface area contributed by atoms with Crippen LogP contribution in [-0.4, -0.2) is 11.4 Å². The van der Waals surface area contributed by atoms with Gasteiger partial charge in [-0.1, -0.05) is 0 Å². The fourth-order valence-electron chi connectivity index (χ4n) is 0.420. The molecule has 1 heterocycles. The van der Waals surface area contributed by atoms with Crippen molar-refractivity contribution in [2.75, 3.05) is 0 Å². The van der Waals surface area contributed by atoms with Gasteiger partial charge in [-0.25, -0.2) is 4.68 Å². The second-order valence-electron chi connectivity index (χ2n) is 1.20. The van der Waals surface area contributed by atoms with E-state index in [0.29, 0.717) is 0 Å². The monoisotopic (exact) mass is 94.1 g/mol. The first-order valence-corrected chi connectivity index (χ1v) is 2.03. The SMILES string of the molecule is C=Nn1cccc1. The van der Waals surface area contributed by atoms with Gasteiger partial charge in [-0.3, -0.25) is 0 Å². The summed E-state index contributed by atoms with van der Waals surface area (Å²) in [5, 5.41) is 3.60. The molecule has 0 saturated heterocycles. The fraction of sp³-hybridized carbons (Fsp3) is 0. The van der Waals surface area contributed by atoms with E-state index in [1.165, 1.54) is 0 Å². The molecule has 0 amide bonds. The van der Waals surface area contributed by atoms with Gasteiger partial charge < -0.3 is 0 Å². The molecule has 0 radical (unpaired) electrons. The first kappa shape index (κ1) is 4.12. The van der Waals surface area contributed by atoms with Crippen molar-refractivity contribution >= 4 is 6.72 Å². The van der Waals surface area contributed by atoms with Gasteiger partial charge in [0.2, 0.25) is 0 Å². The standard InChI is InChI=1S/C5H6N2/c1-6-7-4-2-3-5-7/h2-5H,1H2. The van der Waals surface area contributed by atoms with Crippen molar-refractivity contribution in [2.45, 2.75) is 0 Å². The third-order valence-corrected chi connectivity index (χ3v) is 0.752. The molecule has 0 N–H and O–H groups in total. The maximum absolute atomic E-state index is 3.60. The predicted octanol–water partition coefficient (Wildman–Crippen LogP) is 0.952. The second kappa shape index (κ2) is 1.60. The molecule has 0 saturated carbocycles. The molecule has 0 spiro atoms. The Morgan fingerprint density at radius 1 is 1.29 bits per heavy atom. The Hall–Kier alpha value is -1.05. The molecule has 36 valence electrons. The lowest BCUT2D eigenvalue weighted by Gasteiger charge is -1.82. The average Bonchev–Trinajstić information content (AvgIpc) is 2.14. The first-order valence-electron chi connectivity index (χ1n) is 2.03. The van der Waals surface area contributed by atoms with Crippen molar-refractivity contribution in [2.24, 2.45) is 5.10 Å². The lowest BCUT2D eigenvalue weighted by molar-refractivity contribution is 0.899. The van der Waals surface area contributed by atoms with Crippen molar-refractivity contribution < 1.29 is 0 Å². The molecule has 2 nitrogen and oxygen atoms in total. The summed E-state index contributed by atoms with van der Waals surface area (Å²) in [4.78, 5) is 0. The number of rotatable bonds is 1. The van der Waals surface area contributed by atoms with Gasteiger partial charge in [-0.2, -0.15) is 5.10 Å². The first-order chi connectivity index (χ1) is 3.43. The molecule has 1 rings (SSSR count). The van der Waals surface area contributed by atoms with Gasteiger partial charge >= 0.3 is 0 Å². The highest BCUT2D eigenvalue weighted by Crippen LogP contribution is 1.84. The number of hydrogen-bond acceptors (Lipinski definition) is 1. The van der Waals surface area contributed by atoms with Crippen LogP contribution in [0.2, 0.25) is 0 Å². The molecule has 2 heteroatoms. The van der Waals surface area contributed by atoms with Gasteiger partial charge in [-0.15, -0.1) is 0 Å². The summed E-state index contributed by atoms with van der Waals surface area (Å²) in [5.74, 6) is 0. The van der Waals surface area contributed by atoms with E-state index >= 15 is 0 Å². The Labute approximate surface area is 42.1 Å². The maximum atomic E-state index is 3.60. The van der Waals surface area contributed by atoms with Crippen LogP contribution in [0.4, 0.5) is 0 Å². The third-order valence-electron chi connectivity index (χ3n) is 0.752. The Morgan fingerprint density at radius 3 is 2.14 bits per heavy atom. The number of hydrogen-bond donors (Lipinski definition) is 0. The van der Waals surface area contributed by atoms with Crippen molar-refractivity contribution in [3.05, 3.63) is 24.5 Å². The van der Waals surface area contributed by atoms with Crippen LogP contribution in [-0.2, 0) is 0 Å². The van der Waals surface area contributed by atoms with Gasteiger partial charge in [0.25, 0.3) is 0 Å². The molecule has 0 unspecified atom stereocenters. The minimum Gasteiger partial charge on any atom is -0.249 e. The molecular formula is C5H6N2. The average molecular weight is 94.1 g/mol. The summed E-state index contributed by atoms with van der Waals surface area (Å²) < 4.78 is 1.64. The normalized spacial score (nSPS) is 8.57. The Morgan fingerprint density at radius 2 is 1.86 bits per heavy atom. The van der Waals surface area contributed by atoms with Crippen LogP contribution in [0, 0.1) is 0 Å². The van der Waals surface area contributed by atoms with Crippen LogP contribution in [0.1, 0.15) is 0 Å². The molecule has 0 aromatic carbocycles. The lowest BCUT2D eigenvalue weighted by atomic mass is 10.7. The lowest BCUT2D eigenvalue weighted by Crippen LogP contribution is -1.75. The van der Waals surface area contributed by atoms with E-state index in [4.69, 9.17) is 0 Å². The highest BCUT2D eigenvalue weighted by molar-refractivity contribution is 5.23. The maximum Gasteiger partial charge on any atom is 0.0284 e. The molecule has 1 aromatic rings. The fourth-order valence-corrected chi connectivity index (χ4v) is 0.420. The second-order valence-corrected chi connectivity index (χ2v) is 1.20. The van der Waals surface area contributed by atoms with E-state index in [9.17, 15) is 0 Å². The summed E-state index contributed by atoms with van der Waals surface area (Å²) in [6.07, 6.45) is 3.65. The molecule has 0 fully saturated rings. The van der Waals surface area contributed by atoms with Crippen LogP contribution >= 0.6 is 0 Å². The van der Waals surface area contributed by atoms with E-state index in [1.807, 2.05) is 24.5 Å². The smallest absolute Gasteiger partial charge is 0.0284 e. The number of aromatic nitrogens is 1. The van der Waals surface area contributed by atoms with E-state index in [0.717, 1.165) is 0 Å². The number of nitrogens with zero attached hydrogens (tertiary/aromatic N) is 2. The van der Waals surface area contributed by atoms with Gasteiger partial charge in [0.15, 0.2) is 0 Å². The van der Waals surface area contributed by atoms with Crippen LogP contribution < -0.4 is 0 Å². The van der Waals surface area contributed by atoms with Gasteiger partial charge in [-0.05, 0) is 12.1 Å². The molecule has 0 bridgehead atoms. The van der Waals surface area contributed by atoms with E-state index in [1.54, 1.807) is 4.68 Å².